The molecule has 1 fully saturated rings. The first-order valence-corrected chi connectivity index (χ1v) is 5.98. The molecule has 0 amide bonds. The highest BCUT2D eigenvalue weighted by molar-refractivity contribution is 5.43. The summed E-state index contributed by atoms with van der Waals surface area (Å²) in [7, 11) is 0. The van der Waals surface area contributed by atoms with E-state index in [4.69, 9.17) is 0 Å². The van der Waals surface area contributed by atoms with Crippen LogP contribution in [0.15, 0.2) is 24.5 Å². The van der Waals surface area contributed by atoms with E-state index in [0.29, 0.717) is 6.04 Å². The Kier molecular flexibility index (Phi) is 2.35. The first kappa shape index (κ1) is 10.3. The highest BCUT2D eigenvalue weighted by Gasteiger charge is 2.23. The van der Waals surface area contributed by atoms with Gasteiger partial charge in [0.1, 0.15) is 0 Å². The molecule has 3 rings (SSSR count). The van der Waals surface area contributed by atoms with Gasteiger partial charge in [0.25, 0.3) is 0 Å². The fraction of sp³-hybridized carbons (Fsp3) is 0.385. The van der Waals surface area contributed by atoms with Gasteiger partial charge in [-0.25, -0.2) is 4.98 Å². The zero-order valence-corrected chi connectivity index (χ0v) is 10.1. The van der Waals surface area contributed by atoms with Crippen molar-refractivity contribution in [1.82, 2.24) is 14.5 Å². The first-order chi connectivity index (χ1) is 8.22. The van der Waals surface area contributed by atoms with Gasteiger partial charge in [0.2, 0.25) is 5.95 Å². The maximum Gasteiger partial charge on any atom is 0.208 e. The summed E-state index contributed by atoms with van der Waals surface area (Å²) in [5.41, 5.74) is 3.11. The second kappa shape index (κ2) is 3.87. The average Bonchev–Trinajstić information content (AvgIpc) is 3.03. The number of rotatable bonds is 3. The lowest BCUT2D eigenvalue weighted by Crippen LogP contribution is -2.07. The van der Waals surface area contributed by atoms with Gasteiger partial charge in [0.15, 0.2) is 0 Å². The van der Waals surface area contributed by atoms with E-state index in [1.807, 2.05) is 32.3 Å². The molecule has 0 saturated heterocycles. The molecule has 2 aromatic rings. The minimum Gasteiger partial charge on any atom is -0.353 e. The highest BCUT2D eigenvalue weighted by atomic mass is 15.2. The quantitative estimate of drug-likeness (QED) is 0.877. The van der Waals surface area contributed by atoms with Crippen LogP contribution in [0.25, 0.3) is 5.69 Å². The number of nitrogens with one attached hydrogen (secondary N) is 1. The minimum absolute atomic E-state index is 0.606. The van der Waals surface area contributed by atoms with Gasteiger partial charge in [-0.15, -0.1) is 0 Å². The minimum atomic E-state index is 0.606. The summed E-state index contributed by atoms with van der Waals surface area (Å²) in [6, 6.07) is 4.70. The Morgan fingerprint density at radius 2 is 2.06 bits per heavy atom. The number of aromatic nitrogens is 3. The van der Waals surface area contributed by atoms with Crippen LogP contribution in [-0.4, -0.2) is 20.6 Å². The van der Waals surface area contributed by atoms with Gasteiger partial charge in [-0.05, 0) is 38.8 Å². The molecule has 2 aromatic heterocycles. The number of nitrogens with zero attached hydrogens (tertiary/aromatic N) is 3. The molecule has 4 heteroatoms. The molecule has 0 atom stereocenters. The smallest absolute Gasteiger partial charge is 0.208 e. The van der Waals surface area contributed by atoms with E-state index < -0.39 is 0 Å². The molecular weight excluding hydrogens is 212 g/mol. The Balaban J connectivity index is 1.97. The van der Waals surface area contributed by atoms with E-state index >= 15 is 0 Å². The number of hydrogen-bond acceptors (Lipinski definition) is 3. The Morgan fingerprint density at radius 3 is 2.71 bits per heavy atom. The molecule has 0 unspecified atom stereocenters. The van der Waals surface area contributed by atoms with Crippen molar-refractivity contribution < 1.29 is 0 Å². The number of hydrogen-bond donors (Lipinski definition) is 1. The Bertz CT molecular complexity index is 523. The van der Waals surface area contributed by atoms with E-state index in [0.717, 1.165) is 23.0 Å². The van der Waals surface area contributed by atoms with Gasteiger partial charge in [-0.2, -0.15) is 0 Å². The van der Waals surface area contributed by atoms with Crippen molar-refractivity contribution in [2.75, 3.05) is 5.32 Å². The van der Waals surface area contributed by atoms with E-state index in [-0.39, 0.29) is 0 Å². The molecule has 1 aliphatic carbocycles. The zero-order chi connectivity index (χ0) is 11.8. The predicted molar refractivity (Wildman–Crippen MR) is 67.5 cm³/mol. The number of imidazole rings is 1. The topological polar surface area (TPSA) is 42.7 Å². The number of anilines is 1. The standard InChI is InChI=1S/C13H16N4/c1-9-3-6-12(7-14-9)17-8-10(2)15-13(17)16-11-4-5-11/h3,6-8,11H,4-5H2,1-2H3,(H,15,16). The first-order valence-electron chi connectivity index (χ1n) is 5.98. The summed E-state index contributed by atoms with van der Waals surface area (Å²) in [6.45, 7) is 4.00. The van der Waals surface area contributed by atoms with Crippen LogP contribution >= 0.6 is 0 Å². The maximum absolute atomic E-state index is 4.51. The molecular formula is C13H16N4. The van der Waals surface area contributed by atoms with Crippen LogP contribution < -0.4 is 5.32 Å². The molecule has 0 aliphatic heterocycles. The van der Waals surface area contributed by atoms with Crippen LogP contribution in [0.1, 0.15) is 24.2 Å². The van der Waals surface area contributed by atoms with Crippen LogP contribution in [-0.2, 0) is 0 Å². The Hall–Kier alpha value is -1.84. The van der Waals surface area contributed by atoms with Gasteiger partial charge in [0.05, 0.1) is 17.6 Å². The lowest BCUT2D eigenvalue weighted by molar-refractivity contribution is 0.989. The van der Waals surface area contributed by atoms with Crippen molar-refractivity contribution in [3.63, 3.8) is 0 Å². The SMILES string of the molecule is Cc1ccc(-n2cc(C)nc2NC2CC2)cn1. The molecule has 17 heavy (non-hydrogen) atoms. The van der Waals surface area contributed by atoms with E-state index in [9.17, 15) is 0 Å². The molecule has 1 N–H and O–H groups in total. The highest BCUT2D eigenvalue weighted by Crippen LogP contribution is 2.25. The van der Waals surface area contributed by atoms with Crippen molar-refractivity contribution in [3.8, 4) is 5.69 Å². The van der Waals surface area contributed by atoms with Gasteiger partial charge in [-0.3, -0.25) is 9.55 Å². The summed E-state index contributed by atoms with van der Waals surface area (Å²) in [5, 5.41) is 3.44. The number of aryl methyl sites for hydroxylation is 2. The summed E-state index contributed by atoms with van der Waals surface area (Å²) in [4.78, 5) is 8.84. The summed E-state index contributed by atoms with van der Waals surface area (Å²) >= 11 is 0. The van der Waals surface area contributed by atoms with Gasteiger partial charge < -0.3 is 5.32 Å². The van der Waals surface area contributed by atoms with Crippen LogP contribution in [0, 0.1) is 13.8 Å². The molecule has 1 saturated carbocycles. The third kappa shape index (κ3) is 2.16. The van der Waals surface area contributed by atoms with E-state index in [2.05, 4.69) is 25.9 Å². The van der Waals surface area contributed by atoms with Crippen LogP contribution in [0.5, 0.6) is 0 Å². The van der Waals surface area contributed by atoms with Gasteiger partial charge in [0, 0.05) is 17.9 Å². The summed E-state index contributed by atoms with van der Waals surface area (Å²) < 4.78 is 2.07. The lowest BCUT2D eigenvalue weighted by Gasteiger charge is -2.08. The lowest BCUT2D eigenvalue weighted by atomic mass is 10.3. The van der Waals surface area contributed by atoms with Crippen LogP contribution in [0.4, 0.5) is 5.95 Å². The van der Waals surface area contributed by atoms with Crippen LogP contribution in [0.2, 0.25) is 0 Å². The van der Waals surface area contributed by atoms with Crippen molar-refractivity contribution in [1.29, 1.82) is 0 Å². The average molecular weight is 228 g/mol. The molecule has 1 aliphatic rings. The van der Waals surface area contributed by atoms with E-state index in [1.165, 1.54) is 12.8 Å². The second-order valence-electron chi connectivity index (χ2n) is 4.65. The van der Waals surface area contributed by atoms with Crippen molar-refractivity contribution in [3.05, 3.63) is 35.9 Å². The summed E-state index contributed by atoms with van der Waals surface area (Å²) in [5.74, 6) is 0.927. The summed E-state index contributed by atoms with van der Waals surface area (Å²) in [6.07, 6.45) is 6.42. The predicted octanol–water partition coefficient (Wildman–Crippen LogP) is 2.46. The monoisotopic (exact) mass is 228 g/mol. The second-order valence-corrected chi connectivity index (χ2v) is 4.65. The molecule has 2 heterocycles. The van der Waals surface area contributed by atoms with E-state index in [1.54, 1.807) is 0 Å². The molecule has 4 nitrogen and oxygen atoms in total. The largest absolute Gasteiger partial charge is 0.353 e. The zero-order valence-electron chi connectivity index (χ0n) is 10.1. The maximum atomic E-state index is 4.51. The third-order valence-electron chi connectivity index (χ3n) is 2.91. The number of pyridine rings is 1. The van der Waals surface area contributed by atoms with Crippen molar-refractivity contribution in [2.45, 2.75) is 32.7 Å². The molecule has 0 radical (unpaired) electrons. The molecule has 0 spiro atoms. The fourth-order valence-corrected chi connectivity index (χ4v) is 1.81. The van der Waals surface area contributed by atoms with Crippen molar-refractivity contribution in [2.24, 2.45) is 0 Å². The van der Waals surface area contributed by atoms with Crippen LogP contribution in [0.3, 0.4) is 0 Å². The third-order valence-corrected chi connectivity index (χ3v) is 2.91. The molecule has 0 aromatic carbocycles. The normalized spacial score (nSPS) is 14.9. The Labute approximate surface area is 101 Å². The Morgan fingerprint density at radius 1 is 1.24 bits per heavy atom. The molecule has 88 valence electrons. The molecule has 0 bridgehead atoms. The fourth-order valence-electron chi connectivity index (χ4n) is 1.81. The van der Waals surface area contributed by atoms with Gasteiger partial charge in [-0.1, -0.05) is 0 Å². The van der Waals surface area contributed by atoms with Crippen molar-refractivity contribution >= 4 is 5.95 Å². The van der Waals surface area contributed by atoms with Gasteiger partial charge >= 0.3 is 0 Å².